The number of carbonyl (C=O) groups excluding carboxylic acids is 1. The van der Waals surface area contributed by atoms with Gasteiger partial charge in [-0.05, 0) is 38.0 Å². The van der Waals surface area contributed by atoms with Crippen molar-refractivity contribution in [2.75, 3.05) is 33.0 Å². The molecule has 1 amide bonds. The zero-order valence-electron chi connectivity index (χ0n) is 15.6. The van der Waals surface area contributed by atoms with Crippen molar-refractivity contribution in [2.45, 2.75) is 32.4 Å². The summed E-state index contributed by atoms with van der Waals surface area (Å²) >= 11 is 0. The summed E-state index contributed by atoms with van der Waals surface area (Å²) in [5, 5.41) is 4.08. The van der Waals surface area contributed by atoms with Crippen LogP contribution in [-0.4, -0.2) is 49.6 Å². The number of ether oxygens (including phenoxy) is 3. The van der Waals surface area contributed by atoms with Crippen LogP contribution in [0.5, 0.6) is 5.75 Å². The molecule has 1 aromatic carbocycles. The van der Waals surface area contributed by atoms with Crippen molar-refractivity contribution in [3.63, 3.8) is 0 Å². The van der Waals surface area contributed by atoms with Gasteiger partial charge in [-0.15, -0.1) is 0 Å². The zero-order chi connectivity index (χ0) is 19.1. The quantitative estimate of drug-likeness (QED) is 0.676. The molecule has 7 nitrogen and oxygen atoms in total. The minimum Gasteiger partial charge on any atom is -0.483 e. The molecule has 27 heavy (non-hydrogen) atoms. The SMILES string of the molecule is CCOCCn1ccc2c(OCC(=O)NC[C@H]3CCCO3)cccc2c1=O. The molecule has 1 atom stereocenters. The second-order valence-electron chi connectivity index (χ2n) is 6.46. The van der Waals surface area contributed by atoms with E-state index >= 15 is 0 Å². The zero-order valence-corrected chi connectivity index (χ0v) is 15.6. The first-order chi connectivity index (χ1) is 13.2. The Morgan fingerprint density at radius 3 is 3.00 bits per heavy atom. The average Bonchev–Trinajstić information content (AvgIpc) is 3.20. The third-order valence-electron chi connectivity index (χ3n) is 4.57. The molecule has 7 heteroatoms. The molecule has 2 aromatic rings. The number of pyridine rings is 1. The molecule has 1 aromatic heterocycles. The molecule has 2 heterocycles. The Bertz CT molecular complexity index is 827. The van der Waals surface area contributed by atoms with E-state index in [-0.39, 0.29) is 24.2 Å². The number of rotatable bonds is 9. The first-order valence-electron chi connectivity index (χ1n) is 9.40. The molecule has 0 bridgehead atoms. The van der Waals surface area contributed by atoms with Crippen molar-refractivity contribution in [1.82, 2.24) is 9.88 Å². The Kier molecular flexibility index (Phi) is 6.84. The van der Waals surface area contributed by atoms with Crippen LogP contribution in [0.25, 0.3) is 10.8 Å². The minimum absolute atomic E-state index is 0.0968. The topological polar surface area (TPSA) is 78.8 Å². The van der Waals surface area contributed by atoms with Crippen LogP contribution < -0.4 is 15.6 Å². The van der Waals surface area contributed by atoms with Crippen molar-refractivity contribution in [1.29, 1.82) is 0 Å². The van der Waals surface area contributed by atoms with Crippen LogP contribution in [0.1, 0.15) is 19.8 Å². The van der Waals surface area contributed by atoms with E-state index in [1.165, 1.54) is 0 Å². The normalized spacial score (nSPS) is 16.6. The highest BCUT2D eigenvalue weighted by Gasteiger charge is 2.16. The summed E-state index contributed by atoms with van der Waals surface area (Å²) < 4.78 is 18.1. The summed E-state index contributed by atoms with van der Waals surface area (Å²) in [6.45, 7) is 4.69. The van der Waals surface area contributed by atoms with Gasteiger partial charge in [0.2, 0.25) is 0 Å². The summed E-state index contributed by atoms with van der Waals surface area (Å²) in [6, 6.07) is 7.12. The average molecular weight is 374 g/mol. The van der Waals surface area contributed by atoms with E-state index in [0.29, 0.717) is 42.8 Å². The minimum atomic E-state index is -0.201. The molecule has 0 saturated carbocycles. The van der Waals surface area contributed by atoms with Gasteiger partial charge in [-0.3, -0.25) is 9.59 Å². The Labute approximate surface area is 158 Å². The fraction of sp³-hybridized carbons (Fsp3) is 0.500. The molecular weight excluding hydrogens is 348 g/mol. The van der Waals surface area contributed by atoms with Gasteiger partial charge in [0, 0.05) is 37.9 Å². The molecule has 1 N–H and O–H groups in total. The predicted molar refractivity (Wildman–Crippen MR) is 102 cm³/mol. The fourth-order valence-electron chi connectivity index (χ4n) is 3.13. The van der Waals surface area contributed by atoms with Crippen LogP contribution in [0, 0.1) is 0 Å². The van der Waals surface area contributed by atoms with Crippen LogP contribution in [-0.2, 0) is 20.8 Å². The lowest BCUT2D eigenvalue weighted by Crippen LogP contribution is -2.35. The molecular formula is C20H26N2O5. The van der Waals surface area contributed by atoms with E-state index in [2.05, 4.69) is 5.32 Å². The van der Waals surface area contributed by atoms with Crippen molar-refractivity contribution in [2.24, 2.45) is 0 Å². The molecule has 1 aliphatic heterocycles. The van der Waals surface area contributed by atoms with Gasteiger partial charge < -0.3 is 24.1 Å². The van der Waals surface area contributed by atoms with Gasteiger partial charge in [0.1, 0.15) is 5.75 Å². The van der Waals surface area contributed by atoms with E-state index in [1.807, 2.05) is 13.0 Å². The molecule has 0 unspecified atom stereocenters. The largest absolute Gasteiger partial charge is 0.483 e. The number of nitrogens with one attached hydrogen (secondary N) is 1. The van der Waals surface area contributed by atoms with Crippen LogP contribution in [0.3, 0.4) is 0 Å². The summed E-state index contributed by atoms with van der Waals surface area (Å²) in [5.74, 6) is 0.321. The second kappa shape index (κ2) is 9.53. The second-order valence-corrected chi connectivity index (χ2v) is 6.46. The number of hydrogen-bond acceptors (Lipinski definition) is 5. The van der Waals surface area contributed by atoms with Crippen LogP contribution in [0.4, 0.5) is 0 Å². The van der Waals surface area contributed by atoms with E-state index in [0.717, 1.165) is 19.4 Å². The van der Waals surface area contributed by atoms with Gasteiger partial charge in [-0.1, -0.05) is 6.07 Å². The maximum atomic E-state index is 12.6. The van der Waals surface area contributed by atoms with Gasteiger partial charge in [0.05, 0.1) is 18.1 Å². The van der Waals surface area contributed by atoms with Gasteiger partial charge in [-0.2, -0.15) is 0 Å². The number of amides is 1. The van der Waals surface area contributed by atoms with E-state index in [1.54, 1.807) is 29.0 Å². The lowest BCUT2D eigenvalue weighted by molar-refractivity contribution is -0.123. The number of benzene rings is 1. The van der Waals surface area contributed by atoms with Gasteiger partial charge in [0.25, 0.3) is 11.5 Å². The van der Waals surface area contributed by atoms with Gasteiger partial charge in [-0.25, -0.2) is 0 Å². The van der Waals surface area contributed by atoms with E-state index in [4.69, 9.17) is 14.2 Å². The first kappa shape index (κ1) is 19.4. The Morgan fingerprint density at radius 1 is 1.33 bits per heavy atom. The summed E-state index contributed by atoms with van der Waals surface area (Å²) in [4.78, 5) is 24.6. The summed E-state index contributed by atoms with van der Waals surface area (Å²) in [7, 11) is 0. The number of fused-ring (bicyclic) bond motifs is 1. The molecule has 0 radical (unpaired) electrons. The van der Waals surface area contributed by atoms with Crippen molar-refractivity contribution >= 4 is 16.7 Å². The lowest BCUT2D eigenvalue weighted by atomic mass is 10.1. The van der Waals surface area contributed by atoms with Crippen molar-refractivity contribution in [3.05, 3.63) is 40.8 Å². The molecule has 1 aliphatic rings. The predicted octanol–water partition coefficient (Wildman–Crippen LogP) is 1.71. The van der Waals surface area contributed by atoms with Crippen LogP contribution in [0.15, 0.2) is 35.3 Å². The summed E-state index contributed by atoms with van der Waals surface area (Å²) in [5.41, 5.74) is -0.0968. The first-order valence-corrected chi connectivity index (χ1v) is 9.40. The van der Waals surface area contributed by atoms with E-state index in [9.17, 15) is 9.59 Å². The van der Waals surface area contributed by atoms with Crippen LogP contribution >= 0.6 is 0 Å². The summed E-state index contributed by atoms with van der Waals surface area (Å²) in [6.07, 6.45) is 3.84. The lowest BCUT2D eigenvalue weighted by Gasteiger charge is -2.13. The van der Waals surface area contributed by atoms with Crippen molar-refractivity contribution < 1.29 is 19.0 Å². The van der Waals surface area contributed by atoms with Gasteiger partial charge in [0.15, 0.2) is 6.61 Å². The Morgan fingerprint density at radius 2 is 2.22 bits per heavy atom. The van der Waals surface area contributed by atoms with Gasteiger partial charge >= 0.3 is 0 Å². The van der Waals surface area contributed by atoms with E-state index < -0.39 is 0 Å². The molecule has 0 aliphatic carbocycles. The standard InChI is InChI=1S/C20H26N2O5/c1-2-25-12-10-22-9-8-16-17(20(22)24)6-3-7-18(16)27-14-19(23)21-13-15-5-4-11-26-15/h3,6-9,15H,2,4-5,10-14H2,1H3,(H,21,23)/t15-/m1/s1. The number of hydrogen-bond donors (Lipinski definition) is 1. The van der Waals surface area contributed by atoms with Crippen molar-refractivity contribution in [3.8, 4) is 5.75 Å². The molecule has 1 fully saturated rings. The number of nitrogens with zero attached hydrogens (tertiary/aromatic N) is 1. The number of aromatic nitrogens is 1. The smallest absolute Gasteiger partial charge is 0.258 e. The highest BCUT2D eigenvalue weighted by molar-refractivity contribution is 5.88. The molecule has 1 saturated heterocycles. The Hall–Kier alpha value is -2.38. The van der Waals surface area contributed by atoms with Crippen LogP contribution in [0.2, 0.25) is 0 Å². The highest BCUT2D eigenvalue weighted by Crippen LogP contribution is 2.23. The Balaban J connectivity index is 1.63. The number of carbonyl (C=O) groups is 1. The maximum absolute atomic E-state index is 12.6. The third kappa shape index (κ3) is 5.08. The maximum Gasteiger partial charge on any atom is 0.258 e. The fourth-order valence-corrected chi connectivity index (χ4v) is 3.13. The molecule has 0 spiro atoms. The molecule has 3 rings (SSSR count). The monoisotopic (exact) mass is 374 g/mol. The third-order valence-corrected chi connectivity index (χ3v) is 4.57. The highest BCUT2D eigenvalue weighted by atomic mass is 16.5. The molecule has 146 valence electrons.